The van der Waals surface area contributed by atoms with E-state index >= 15 is 0 Å². The molecule has 3 heteroatoms. The van der Waals surface area contributed by atoms with Crippen LogP contribution in [0.2, 0.25) is 5.02 Å². The summed E-state index contributed by atoms with van der Waals surface area (Å²) in [4.78, 5) is 1.33. The SMILES string of the molecule is CNC(CSc1cccc(C)c1)Cc1cccc(Cl)c1. The van der Waals surface area contributed by atoms with Crippen molar-refractivity contribution in [2.45, 2.75) is 24.3 Å². The van der Waals surface area contributed by atoms with Crippen LogP contribution in [0, 0.1) is 6.92 Å². The number of halogens is 1. The molecular formula is C17H20ClNS. The fourth-order valence-electron chi connectivity index (χ4n) is 2.09. The molecule has 0 aliphatic rings. The molecule has 0 spiro atoms. The molecule has 1 N–H and O–H groups in total. The van der Waals surface area contributed by atoms with Crippen molar-refractivity contribution in [3.8, 4) is 0 Å². The summed E-state index contributed by atoms with van der Waals surface area (Å²) < 4.78 is 0. The average Bonchev–Trinajstić information content (AvgIpc) is 2.43. The molecule has 0 aliphatic carbocycles. The van der Waals surface area contributed by atoms with Crippen molar-refractivity contribution in [3.05, 3.63) is 64.7 Å². The van der Waals surface area contributed by atoms with Gasteiger partial charge in [0.1, 0.15) is 0 Å². The van der Waals surface area contributed by atoms with Crippen LogP contribution in [0.25, 0.3) is 0 Å². The molecule has 0 bridgehead atoms. The third kappa shape index (κ3) is 4.86. The van der Waals surface area contributed by atoms with Crippen molar-refractivity contribution in [3.63, 3.8) is 0 Å². The molecule has 1 unspecified atom stereocenters. The second kappa shape index (κ2) is 7.72. The van der Waals surface area contributed by atoms with Crippen LogP contribution in [0.1, 0.15) is 11.1 Å². The third-order valence-corrected chi connectivity index (χ3v) is 4.61. The van der Waals surface area contributed by atoms with E-state index in [0.717, 1.165) is 17.2 Å². The molecular weight excluding hydrogens is 286 g/mol. The summed E-state index contributed by atoms with van der Waals surface area (Å²) >= 11 is 7.93. The largest absolute Gasteiger partial charge is 0.316 e. The molecule has 1 nitrogen and oxygen atoms in total. The van der Waals surface area contributed by atoms with Crippen LogP contribution in [-0.4, -0.2) is 18.8 Å². The van der Waals surface area contributed by atoms with E-state index in [0.29, 0.717) is 6.04 Å². The lowest BCUT2D eigenvalue weighted by Crippen LogP contribution is -2.30. The van der Waals surface area contributed by atoms with Crippen LogP contribution in [0.5, 0.6) is 0 Å². The molecule has 0 aliphatic heterocycles. The van der Waals surface area contributed by atoms with Crippen molar-refractivity contribution < 1.29 is 0 Å². The fourth-order valence-corrected chi connectivity index (χ4v) is 3.43. The van der Waals surface area contributed by atoms with Gasteiger partial charge in [-0.25, -0.2) is 0 Å². The smallest absolute Gasteiger partial charge is 0.0408 e. The number of rotatable bonds is 6. The van der Waals surface area contributed by atoms with Gasteiger partial charge >= 0.3 is 0 Å². The van der Waals surface area contributed by atoms with Crippen LogP contribution in [-0.2, 0) is 6.42 Å². The van der Waals surface area contributed by atoms with Gasteiger partial charge in [0.15, 0.2) is 0 Å². The molecule has 0 fully saturated rings. The second-order valence-electron chi connectivity index (χ2n) is 4.95. The van der Waals surface area contributed by atoms with Crippen LogP contribution >= 0.6 is 23.4 Å². The van der Waals surface area contributed by atoms with Gasteiger partial charge in [-0.15, -0.1) is 11.8 Å². The predicted molar refractivity (Wildman–Crippen MR) is 89.9 cm³/mol. The zero-order chi connectivity index (χ0) is 14.4. The van der Waals surface area contributed by atoms with Gasteiger partial charge in [-0.2, -0.15) is 0 Å². The summed E-state index contributed by atoms with van der Waals surface area (Å²) in [5, 5.41) is 4.20. The van der Waals surface area contributed by atoms with Gasteiger partial charge in [-0.05, 0) is 50.2 Å². The van der Waals surface area contributed by atoms with E-state index in [1.165, 1.54) is 16.0 Å². The number of aryl methyl sites for hydroxylation is 1. The predicted octanol–water partition coefficient (Wildman–Crippen LogP) is 4.57. The minimum atomic E-state index is 0.443. The van der Waals surface area contributed by atoms with Gasteiger partial charge in [-0.3, -0.25) is 0 Å². The standard InChI is InChI=1S/C17H20ClNS/c1-13-5-3-8-17(9-13)20-12-16(19-2)11-14-6-4-7-15(18)10-14/h3-10,16,19H,11-12H2,1-2H3. The zero-order valence-corrected chi connectivity index (χ0v) is 13.5. The number of nitrogens with one attached hydrogen (secondary N) is 1. The van der Waals surface area contributed by atoms with E-state index in [-0.39, 0.29) is 0 Å². The highest BCUT2D eigenvalue weighted by atomic mass is 35.5. The van der Waals surface area contributed by atoms with E-state index in [2.05, 4.69) is 42.6 Å². The lowest BCUT2D eigenvalue weighted by atomic mass is 10.1. The first-order valence-electron chi connectivity index (χ1n) is 6.78. The molecule has 106 valence electrons. The highest BCUT2D eigenvalue weighted by Gasteiger charge is 2.08. The van der Waals surface area contributed by atoms with E-state index in [1.807, 2.05) is 37.0 Å². The first-order chi connectivity index (χ1) is 9.67. The maximum Gasteiger partial charge on any atom is 0.0408 e. The van der Waals surface area contributed by atoms with Crippen LogP contribution in [0.3, 0.4) is 0 Å². The lowest BCUT2D eigenvalue weighted by molar-refractivity contribution is 0.617. The maximum atomic E-state index is 6.04. The molecule has 0 amide bonds. The number of thioether (sulfide) groups is 1. The van der Waals surface area contributed by atoms with Crippen molar-refractivity contribution in [2.75, 3.05) is 12.8 Å². The Labute approximate surface area is 130 Å². The number of hydrogen-bond donors (Lipinski definition) is 1. The molecule has 0 radical (unpaired) electrons. The normalized spacial score (nSPS) is 12.3. The Bertz CT molecular complexity index is 556. The Balaban J connectivity index is 1.92. The lowest BCUT2D eigenvalue weighted by Gasteiger charge is -2.16. The van der Waals surface area contributed by atoms with E-state index in [1.54, 1.807) is 0 Å². The topological polar surface area (TPSA) is 12.0 Å². The van der Waals surface area contributed by atoms with Gasteiger partial charge in [0.2, 0.25) is 0 Å². The maximum absolute atomic E-state index is 6.04. The van der Waals surface area contributed by atoms with Gasteiger partial charge < -0.3 is 5.32 Å². The van der Waals surface area contributed by atoms with Gasteiger partial charge in [-0.1, -0.05) is 41.4 Å². The Morgan fingerprint density at radius 1 is 1.15 bits per heavy atom. The molecule has 0 saturated heterocycles. The van der Waals surface area contributed by atoms with E-state index in [9.17, 15) is 0 Å². The van der Waals surface area contributed by atoms with E-state index in [4.69, 9.17) is 11.6 Å². The molecule has 2 rings (SSSR count). The van der Waals surface area contributed by atoms with Crippen LogP contribution in [0.4, 0.5) is 0 Å². The zero-order valence-electron chi connectivity index (χ0n) is 11.9. The summed E-state index contributed by atoms with van der Waals surface area (Å²) in [6.07, 6.45) is 0.996. The number of benzene rings is 2. The first kappa shape index (κ1) is 15.4. The minimum Gasteiger partial charge on any atom is -0.316 e. The Hall–Kier alpha value is -0.960. The summed E-state index contributed by atoms with van der Waals surface area (Å²) in [6.45, 7) is 2.13. The quantitative estimate of drug-likeness (QED) is 0.785. The molecule has 1 atom stereocenters. The number of hydrogen-bond acceptors (Lipinski definition) is 2. The molecule has 20 heavy (non-hydrogen) atoms. The van der Waals surface area contributed by atoms with Crippen molar-refractivity contribution in [1.29, 1.82) is 0 Å². The van der Waals surface area contributed by atoms with Crippen molar-refractivity contribution in [1.82, 2.24) is 5.32 Å². The Morgan fingerprint density at radius 3 is 2.65 bits per heavy atom. The Morgan fingerprint density at radius 2 is 1.95 bits per heavy atom. The Kier molecular flexibility index (Phi) is 5.96. The second-order valence-corrected chi connectivity index (χ2v) is 6.48. The molecule has 0 aromatic heterocycles. The molecule has 0 saturated carbocycles. The van der Waals surface area contributed by atoms with Crippen LogP contribution in [0.15, 0.2) is 53.4 Å². The summed E-state index contributed by atoms with van der Waals surface area (Å²) in [7, 11) is 2.02. The third-order valence-electron chi connectivity index (χ3n) is 3.22. The summed E-state index contributed by atoms with van der Waals surface area (Å²) in [6, 6.07) is 17.2. The molecule has 0 heterocycles. The monoisotopic (exact) mass is 305 g/mol. The average molecular weight is 306 g/mol. The van der Waals surface area contributed by atoms with Crippen LogP contribution < -0.4 is 5.32 Å². The first-order valence-corrected chi connectivity index (χ1v) is 8.15. The number of likely N-dealkylation sites (N-methyl/N-ethyl adjacent to an activating group) is 1. The molecule has 2 aromatic carbocycles. The highest BCUT2D eigenvalue weighted by Crippen LogP contribution is 2.21. The molecule has 2 aromatic rings. The highest BCUT2D eigenvalue weighted by molar-refractivity contribution is 7.99. The van der Waals surface area contributed by atoms with Gasteiger partial charge in [0.25, 0.3) is 0 Å². The van der Waals surface area contributed by atoms with Gasteiger partial charge in [0, 0.05) is 21.7 Å². The van der Waals surface area contributed by atoms with Crippen molar-refractivity contribution in [2.24, 2.45) is 0 Å². The fraction of sp³-hybridized carbons (Fsp3) is 0.294. The van der Waals surface area contributed by atoms with Crippen molar-refractivity contribution >= 4 is 23.4 Å². The summed E-state index contributed by atoms with van der Waals surface area (Å²) in [5.41, 5.74) is 2.59. The van der Waals surface area contributed by atoms with Gasteiger partial charge in [0.05, 0.1) is 0 Å². The summed E-state index contributed by atoms with van der Waals surface area (Å²) in [5.74, 6) is 1.05. The minimum absolute atomic E-state index is 0.443. The van der Waals surface area contributed by atoms with E-state index < -0.39 is 0 Å².